The fourth-order valence-electron chi connectivity index (χ4n) is 2.10. The maximum Gasteiger partial charge on any atom is 0.268 e. The molecule has 118 valence electrons. The smallest absolute Gasteiger partial charge is 0.268 e. The van der Waals surface area contributed by atoms with E-state index >= 15 is 0 Å². The van der Waals surface area contributed by atoms with E-state index in [0.29, 0.717) is 10.8 Å². The summed E-state index contributed by atoms with van der Waals surface area (Å²) in [6.45, 7) is -0.511. The van der Waals surface area contributed by atoms with Gasteiger partial charge in [0.1, 0.15) is 11.7 Å². The molecule has 0 aliphatic rings. The molecule has 1 atom stereocenters. The van der Waals surface area contributed by atoms with Crippen molar-refractivity contribution in [1.29, 1.82) is 0 Å². The van der Waals surface area contributed by atoms with Gasteiger partial charge in [0.15, 0.2) is 5.13 Å². The molecule has 4 N–H and O–H groups in total. The highest BCUT2D eigenvalue weighted by Crippen LogP contribution is 2.15. The Morgan fingerprint density at radius 2 is 2.17 bits per heavy atom. The first kappa shape index (κ1) is 15.2. The number of nitrogens with one attached hydrogen (secondary N) is 3. The minimum absolute atomic E-state index is 0.326. The Morgan fingerprint density at radius 3 is 2.87 bits per heavy atom. The number of aliphatic hydroxyl groups excluding tert-OH is 1. The molecule has 3 aromatic rings. The summed E-state index contributed by atoms with van der Waals surface area (Å²) < 4.78 is 0. The lowest BCUT2D eigenvalue weighted by molar-refractivity contribution is -0.118. The number of fused-ring (bicyclic) bond motifs is 1. The summed E-state index contributed by atoms with van der Waals surface area (Å²) in [7, 11) is 0. The predicted octanol–water partition coefficient (Wildman–Crippen LogP) is 1.35. The zero-order chi connectivity index (χ0) is 16.2. The van der Waals surface area contributed by atoms with Gasteiger partial charge in [-0.15, -0.1) is 11.3 Å². The molecule has 0 spiro atoms. The second-order valence-corrected chi connectivity index (χ2v) is 5.70. The number of para-hydroxylation sites is 1. The second-order valence-electron chi connectivity index (χ2n) is 4.81. The summed E-state index contributed by atoms with van der Waals surface area (Å²) in [6.07, 6.45) is 1.55. The number of rotatable bonds is 5. The van der Waals surface area contributed by atoms with Crippen molar-refractivity contribution in [3.8, 4) is 0 Å². The minimum Gasteiger partial charge on any atom is -0.394 e. The van der Waals surface area contributed by atoms with Gasteiger partial charge in [0.2, 0.25) is 0 Å². The monoisotopic (exact) mass is 330 g/mol. The molecule has 2 heterocycles. The maximum atomic E-state index is 12.2. The van der Waals surface area contributed by atoms with Crippen LogP contribution >= 0.6 is 11.3 Å². The van der Waals surface area contributed by atoms with Crippen molar-refractivity contribution in [3.63, 3.8) is 0 Å². The highest BCUT2D eigenvalue weighted by Gasteiger charge is 2.22. The van der Waals surface area contributed by atoms with E-state index in [4.69, 9.17) is 0 Å². The van der Waals surface area contributed by atoms with Crippen LogP contribution in [0.5, 0.6) is 0 Å². The molecule has 2 amide bonds. The molecular weight excluding hydrogens is 316 g/mol. The zero-order valence-electron chi connectivity index (χ0n) is 11.9. The van der Waals surface area contributed by atoms with Crippen molar-refractivity contribution in [3.05, 3.63) is 47.6 Å². The van der Waals surface area contributed by atoms with Gasteiger partial charge in [0, 0.05) is 22.5 Å². The largest absolute Gasteiger partial charge is 0.394 e. The minimum atomic E-state index is -1.06. The van der Waals surface area contributed by atoms with Crippen molar-refractivity contribution in [1.82, 2.24) is 15.3 Å². The number of amides is 2. The van der Waals surface area contributed by atoms with Gasteiger partial charge in [-0.3, -0.25) is 9.59 Å². The van der Waals surface area contributed by atoms with E-state index in [-0.39, 0.29) is 0 Å². The average molecular weight is 330 g/mol. The van der Waals surface area contributed by atoms with E-state index in [9.17, 15) is 14.7 Å². The molecule has 0 fully saturated rings. The van der Waals surface area contributed by atoms with Crippen molar-refractivity contribution in [2.75, 3.05) is 11.9 Å². The standard InChI is InChI=1S/C15H14N4O3S/c20-8-12(14(22)19-15-16-5-6-23-15)18-13(21)11-7-9-3-1-2-4-10(9)17-11/h1-7,12,17,20H,8H2,(H,18,21)(H,16,19,22). The van der Waals surface area contributed by atoms with Gasteiger partial charge < -0.3 is 20.7 Å². The number of carbonyl (C=O) groups is 2. The molecule has 0 aliphatic carbocycles. The van der Waals surface area contributed by atoms with Gasteiger partial charge >= 0.3 is 0 Å². The first-order valence-corrected chi connectivity index (χ1v) is 7.75. The molecule has 7 nitrogen and oxygen atoms in total. The molecular formula is C15H14N4O3S. The Kier molecular flexibility index (Phi) is 4.35. The third-order valence-electron chi connectivity index (χ3n) is 3.24. The molecule has 23 heavy (non-hydrogen) atoms. The fraction of sp³-hybridized carbons (Fsp3) is 0.133. The third-order valence-corrected chi connectivity index (χ3v) is 3.93. The van der Waals surface area contributed by atoms with Crippen LogP contribution in [0.1, 0.15) is 10.5 Å². The molecule has 3 rings (SSSR count). The number of H-pyrrole nitrogens is 1. The average Bonchev–Trinajstić information content (AvgIpc) is 3.20. The molecule has 0 aliphatic heterocycles. The van der Waals surface area contributed by atoms with E-state index in [0.717, 1.165) is 10.9 Å². The first-order valence-electron chi connectivity index (χ1n) is 6.87. The van der Waals surface area contributed by atoms with Crippen LogP contribution in [0.25, 0.3) is 10.9 Å². The number of benzene rings is 1. The zero-order valence-corrected chi connectivity index (χ0v) is 12.8. The number of anilines is 1. The summed E-state index contributed by atoms with van der Waals surface area (Å²) in [5.74, 6) is -0.985. The van der Waals surface area contributed by atoms with Gasteiger partial charge in [-0.25, -0.2) is 4.98 Å². The summed E-state index contributed by atoms with van der Waals surface area (Å²) in [4.78, 5) is 31.2. The number of hydrogen-bond donors (Lipinski definition) is 4. The fourth-order valence-corrected chi connectivity index (χ4v) is 2.64. The van der Waals surface area contributed by atoms with Crippen LogP contribution in [-0.4, -0.2) is 39.5 Å². The van der Waals surface area contributed by atoms with Crippen molar-refractivity contribution >= 4 is 39.2 Å². The van der Waals surface area contributed by atoms with Crippen molar-refractivity contribution in [2.45, 2.75) is 6.04 Å². The Balaban J connectivity index is 1.70. The van der Waals surface area contributed by atoms with Gasteiger partial charge in [-0.05, 0) is 12.1 Å². The molecule has 8 heteroatoms. The number of aromatic amines is 1. The lowest BCUT2D eigenvalue weighted by atomic mass is 10.2. The molecule has 1 aromatic carbocycles. The van der Waals surface area contributed by atoms with E-state index in [1.54, 1.807) is 17.6 Å². The SMILES string of the molecule is O=C(NC(CO)C(=O)Nc1nccs1)c1cc2ccccc2[nH]1. The normalized spacial score (nSPS) is 12.0. The lowest BCUT2D eigenvalue weighted by Gasteiger charge is -2.14. The maximum absolute atomic E-state index is 12.2. The van der Waals surface area contributed by atoms with Crippen molar-refractivity contribution < 1.29 is 14.7 Å². The number of aliphatic hydroxyl groups is 1. The number of aromatic nitrogens is 2. The predicted molar refractivity (Wildman–Crippen MR) is 87.4 cm³/mol. The Bertz CT molecular complexity index is 795. The van der Waals surface area contributed by atoms with Crippen molar-refractivity contribution in [2.24, 2.45) is 0 Å². The van der Waals surface area contributed by atoms with Gasteiger partial charge in [0.25, 0.3) is 11.8 Å². The highest BCUT2D eigenvalue weighted by atomic mass is 32.1. The van der Waals surface area contributed by atoms with Gasteiger partial charge in [0.05, 0.1) is 6.61 Å². The summed E-state index contributed by atoms with van der Waals surface area (Å²) >= 11 is 1.25. The number of carbonyl (C=O) groups excluding carboxylic acids is 2. The number of hydrogen-bond acceptors (Lipinski definition) is 5. The molecule has 0 saturated heterocycles. The molecule has 0 bridgehead atoms. The molecule has 0 saturated carbocycles. The first-order chi connectivity index (χ1) is 11.2. The van der Waals surface area contributed by atoms with Gasteiger partial charge in [-0.2, -0.15) is 0 Å². The quantitative estimate of drug-likeness (QED) is 0.566. The Labute approximate surface area is 135 Å². The van der Waals surface area contributed by atoms with E-state index < -0.39 is 24.5 Å². The number of thiazole rings is 1. The molecule has 2 aromatic heterocycles. The molecule has 1 unspecified atom stereocenters. The van der Waals surface area contributed by atoms with Crippen LogP contribution in [-0.2, 0) is 4.79 Å². The third kappa shape index (κ3) is 3.38. The van der Waals surface area contributed by atoms with Crippen LogP contribution in [0.4, 0.5) is 5.13 Å². The summed E-state index contributed by atoms with van der Waals surface area (Å²) in [5, 5.41) is 17.4. The van der Waals surface area contributed by atoms with Crippen LogP contribution in [0.2, 0.25) is 0 Å². The van der Waals surface area contributed by atoms with Gasteiger partial charge in [-0.1, -0.05) is 18.2 Å². The lowest BCUT2D eigenvalue weighted by Crippen LogP contribution is -2.46. The topological polar surface area (TPSA) is 107 Å². The van der Waals surface area contributed by atoms with E-state index in [1.165, 1.54) is 11.3 Å². The Hall–Kier alpha value is -2.71. The second kappa shape index (κ2) is 6.59. The van der Waals surface area contributed by atoms with E-state index in [2.05, 4.69) is 20.6 Å². The van der Waals surface area contributed by atoms with E-state index in [1.807, 2.05) is 24.3 Å². The van der Waals surface area contributed by atoms with Crippen LogP contribution in [0.3, 0.4) is 0 Å². The Morgan fingerprint density at radius 1 is 1.35 bits per heavy atom. The van der Waals surface area contributed by atoms with Crippen LogP contribution < -0.4 is 10.6 Å². The summed E-state index contributed by atoms with van der Waals surface area (Å²) in [5.41, 5.74) is 1.15. The highest BCUT2D eigenvalue weighted by molar-refractivity contribution is 7.13. The number of nitrogens with zero attached hydrogens (tertiary/aromatic N) is 1. The summed E-state index contributed by atoms with van der Waals surface area (Å²) in [6, 6.07) is 8.09. The van der Waals surface area contributed by atoms with Crippen LogP contribution in [0, 0.1) is 0 Å². The van der Waals surface area contributed by atoms with Crippen LogP contribution in [0.15, 0.2) is 41.9 Å². The molecule has 0 radical (unpaired) electrons.